The van der Waals surface area contributed by atoms with Crippen LogP contribution in [-0.4, -0.2) is 22.9 Å². The van der Waals surface area contributed by atoms with Crippen molar-refractivity contribution in [1.82, 2.24) is 15.1 Å². The Morgan fingerprint density at radius 2 is 2.33 bits per heavy atom. The number of nitrogens with one attached hydrogen (secondary N) is 1. The first-order chi connectivity index (χ1) is 7.22. The summed E-state index contributed by atoms with van der Waals surface area (Å²) in [5, 5.41) is 7.64. The van der Waals surface area contributed by atoms with Crippen LogP contribution in [0.4, 0.5) is 0 Å². The van der Waals surface area contributed by atoms with E-state index < -0.39 is 0 Å². The van der Waals surface area contributed by atoms with Crippen molar-refractivity contribution in [2.24, 2.45) is 13.0 Å². The zero-order valence-corrected chi connectivity index (χ0v) is 10.2. The number of nitrogens with zero attached hydrogens (tertiary/aromatic N) is 2. The van der Waals surface area contributed by atoms with Gasteiger partial charge in [-0.25, -0.2) is 0 Å². The standard InChI is InChI=1S/C12H23N3/c1-4-5-11(2)8-13-7-6-12-9-14-15(3)10-12/h9-11,13H,4-8H2,1-3H3. The molecular formula is C12H23N3. The third-order valence-corrected chi connectivity index (χ3v) is 2.62. The Hall–Kier alpha value is -0.830. The number of aromatic nitrogens is 2. The van der Waals surface area contributed by atoms with Gasteiger partial charge in [0.15, 0.2) is 0 Å². The maximum absolute atomic E-state index is 4.15. The van der Waals surface area contributed by atoms with Crippen molar-refractivity contribution in [2.75, 3.05) is 13.1 Å². The van der Waals surface area contributed by atoms with E-state index >= 15 is 0 Å². The zero-order chi connectivity index (χ0) is 11.1. The Kier molecular flexibility index (Phi) is 5.40. The molecule has 0 spiro atoms. The minimum atomic E-state index is 0.795. The van der Waals surface area contributed by atoms with Crippen LogP contribution in [0, 0.1) is 5.92 Å². The van der Waals surface area contributed by atoms with E-state index in [1.54, 1.807) is 0 Å². The molecule has 0 aromatic carbocycles. The molecule has 15 heavy (non-hydrogen) atoms. The van der Waals surface area contributed by atoms with Crippen molar-refractivity contribution >= 4 is 0 Å². The summed E-state index contributed by atoms with van der Waals surface area (Å²) in [5.41, 5.74) is 1.31. The molecule has 1 aromatic rings. The molecule has 0 saturated carbocycles. The minimum Gasteiger partial charge on any atom is -0.316 e. The Morgan fingerprint density at radius 3 is 2.93 bits per heavy atom. The van der Waals surface area contributed by atoms with Crippen LogP contribution in [-0.2, 0) is 13.5 Å². The fourth-order valence-electron chi connectivity index (χ4n) is 1.78. The molecule has 0 aliphatic heterocycles. The van der Waals surface area contributed by atoms with E-state index in [-0.39, 0.29) is 0 Å². The van der Waals surface area contributed by atoms with Crippen molar-refractivity contribution < 1.29 is 0 Å². The Morgan fingerprint density at radius 1 is 1.53 bits per heavy atom. The van der Waals surface area contributed by atoms with Crippen molar-refractivity contribution in [3.05, 3.63) is 18.0 Å². The number of rotatable bonds is 7. The molecule has 1 atom stereocenters. The molecule has 1 aromatic heterocycles. The monoisotopic (exact) mass is 209 g/mol. The molecule has 0 amide bonds. The highest BCUT2D eigenvalue weighted by Gasteiger charge is 2.00. The van der Waals surface area contributed by atoms with E-state index in [4.69, 9.17) is 0 Å². The van der Waals surface area contributed by atoms with Crippen LogP contribution >= 0.6 is 0 Å². The number of aryl methyl sites for hydroxylation is 1. The molecule has 0 aliphatic carbocycles. The predicted molar refractivity (Wildman–Crippen MR) is 63.9 cm³/mol. The molecule has 0 aliphatic rings. The molecular weight excluding hydrogens is 186 g/mol. The highest BCUT2D eigenvalue weighted by atomic mass is 15.2. The van der Waals surface area contributed by atoms with Gasteiger partial charge >= 0.3 is 0 Å². The fraction of sp³-hybridized carbons (Fsp3) is 0.750. The maximum atomic E-state index is 4.15. The second kappa shape index (κ2) is 6.62. The van der Waals surface area contributed by atoms with E-state index in [9.17, 15) is 0 Å². The van der Waals surface area contributed by atoms with Gasteiger partial charge in [-0.3, -0.25) is 4.68 Å². The molecule has 0 bridgehead atoms. The summed E-state index contributed by atoms with van der Waals surface area (Å²) in [5.74, 6) is 0.795. The molecule has 86 valence electrons. The van der Waals surface area contributed by atoms with E-state index in [0.29, 0.717) is 0 Å². The number of hydrogen-bond donors (Lipinski definition) is 1. The second-order valence-electron chi connectivity index (χ2n) is 4.37. The van der Waals surface area contributed by atoms with Gasteiger partial charge in [0, 0.05) is 13.2 Å². The van der Waals surface area contributed by atoms with Gasteiger partial charge in [0.2, 0.25) is 0 Å². The van der Waals surface area contributed by atoms with Crippen LogP contribution in [0.5, 0.6) is 0 Å². The first-order valence-corrected chi connectivity index (χ1v) is 5.90. The Balaban J connectivity index is 2.06. The molecule has 0 saturated heterocycles. The first kappa shape index (κ1) is 12.2. The normalized spacial score (nSPS) is 13.0. The summed E-state index contributed by atoms with van der Waals surface area (Å²) < 4.78 is 1.86. The minimum absolute atomic E-state index is 0.795. The molecule has 1 N–H and O–H groups in total. The third-order valence-electron chi connectivity index (χ3n) is 2.62. The summed E-state index contributed by atoms with van der Waals surface area (Å²) >= 11 is 0. The quantitative estimate of drug-likeness (QED) is 0.696. The lowest BCUT2D eigenvalue weighted by Crippen LogP contribution is -2.23. The van der Waals surface area contributed by atoms with E-state index in [2.05, 4.69) is 30.5 Å². The predicted octanol–water partition coefficient (Wildman–Crippen LogP) is 1.99. The fourth-order valence-corrected chi connectivity index (χ4v) is 1.78. The third kappa shape index (κ3) is 4.98. The summed E-state index contributed by atoms with van der Waals surface area (Å²) in [7, 11) is 1.96. The largest absolute Gasteiger partial charge is 0.316 e. The lowest BCUT2D eigenvalue weighted by Gasteiger charge is -2.10. The molecule has 0 radical (unpaired) electrons. The summed E-state index contributed by atoms with van der Waals surface area (Å²) in [6.07, 6.45) is 7.70. The average molecular weight is 209 g/mol. The van der Waals surface area contributed by atoms with Gasteiger partial charge in [-0.15, -0.1) is 0 Å². The summed E-state index contributed by atoms with van der Waals surface area (Å²) in [6.45, 7) is 6.74. The van der Waals surface area contributed by atoms with Crippen molar-refractivity contribution in [3.8, 4) is 0 Å². The van der Waals surface area contributed by atoms with E-state index in [0.717, 1.165) is 25.4 Å². The second-order valence-corrected chi connectivity index (χ2v) is 4.37. The molecule has 1 unspecified atom stereocenters. The highest BCUT2D eigenvalue weighted by Crippen LogP contribution is 2.02. The lowest BCUT2D eigenvalue weighted by molar-refractivity contribution is 0.478. The summed E-state index contributed by atoms with van der Waals surface area (Å²) in [4.78, 5) is 0. The summed E-state index contributed by atoms with van der Waals surface area (Å²) in [6, 6.07) is 0. The van der Waals surface area contributed by atoms with Crippen molar-refractivity contribution in [2.45, 2.75) is 33.1 Å². The smallest absolute Gasteiger partial charge is 0.0522 e. The van der Waals surface area contributed by atoms with Crippen molar-refractivity contribution in [1.29, 1.82) is 0 Å². The van der Waals surface area contributed by atoms with Gasteiger partial charge in [0.1, 0.15) is 0 Å². The van der Waals surface area contributed by atoms with Crippen LogP contribution in [0.3, 0.4) is 0 Å². The van der Waals surface area contributed by atoms with Crippen LogP contribution in [0.2, 0.25) is 0 Å². The van der Waals surface area contributed by atoms with Crippen LogP contribution < -0.4 is 5.32 Å². The Bertz CT molecular complexity index is 268. The van der Waals surface area contributed by atoms with Gasteiger partial charge in [-0.1, -0.05) is 20.3 Å². The molecule has 1 heterocycles. The SMILES string of the molecule is CCCC(C)CNCCc1cnn(C)c1. The van der Waals surface area contributed by atoms with Crippen molar-refractivity contribution in [3.63, 3.8) is 0 Å². The lowest BCUT2D eigenvalue weighted by atomic mass is 10.1. The van der Waals surface area contributed by atoms with E-state index in [1.807, 2.05) is 17.9 Å². The van der Waals surface area contributed by atoms with Gasteiger partial charge in [0.25, 0.3) is 0 Å². The van der Waals surface area contributed by atoms with Gasteiger partial charge in [0.05, 0.1) is 6.20 Å². The van der Waals surface area contributed by atoms with Gasteiger partial charge < -0.3 is 5.32 Å². The molecule has 1 rings (SSSR count). The molecule has 3 nitrogen and oxygen atoms in total. The number of hydrogen-bond acceptors (Lipinski definition) is 2. The highest BCUT2D eigenvalue weighted by molar-refractivity contribution is 5.03. The zero-order valence-electron chi connectivity index (χ0n) is 10.2. The maximum Gasteiger partial charge on any atom is 0.0522 e. The van der Waals surface area contributed by atoms with Crippen LogP contribution in [0.15, 0.2) is 12.4 Å². The van der Waals surface area contributed by atoms with Crippen LogP contribution in [0.1, 0.15) is 32.3 Å². The van der Waals surface area contributed by atoms with E-state index in [1.165, 1.54) is 18.4 Å². The van der Waals surface area contributed by atoms with Gasteiger partial charge in [-0.2, -0.15) is 5.10 Å². The molecule has 0 fully saturated rings. The van der Waals surface area contributed by atoms with Gasteiger partial charge in [-0.05, 0) is 37.4 Å². The average Bonchev–Trinajstić information content (AvgIpc) is 2.60. The Labute approximate surface area is 92.9 Å². The van der Waals surface area contributed by atoms with Crippen LogP contribution in [0.25, 0.3) is 0 Å². The first-order valence-electron chi connectivity index (χ1n) is 5.90. The topological polar surface area (TPSA) is 29.9 Å². The molecule has 3 heteroatoms.